The molecule has 0 radical (unpaired) electrons. The Kier molecular flexibility index (Phi) is 3.81. The number of halogens is 2. The van der Waals surface area contributed by atoms with Crippen molar-refractivity contribution in [3.8, 4) is 0 Å². The Hall–Kier alpha value is -1.68. The van der Waals surface area contributed by atoms with E-state index in [1.54, 1.807) is 12.1 Å². The first kappa shape index (κ1) is 14.3. The highest BCUT2D eigenvalue weighted by atomic mass is 35.5. The third kappa shape index (κ3) is 3.16. The molecule has 0 bridgehead atoms. The van der Waals surface area contributed by atoms with Crippen molar-refractivity contribution < 1.29 is 4.39 Å². The Labute approximate surface area is 128 Å². The molecule has 2 aromatic rings. The molecule has 0 aliphatic heterocycles. The molecule has 0 saturated heterocycles. The van der Waals surface area contributed by atoms with Crippen LogP contribution in [0.2, 0.25) is 5.15 Å². The summed E-state index contributed by atoms with van der Waals surface area (Å²) in [6, 6.07) is 6.51. The summed E-state index contributed by atoms with van der Waals surface area (Å²) in [6.07, 6.45) is 2.28. The smallest absolute Gasteiger partial charge is 0.137 e. The summed E-state index contributed by atoms with van der Waals surface area (Å²) in [5, 5.41) is 0.521. The standard InChI is InChI=1S/C16H17ClFN3/c1-10-14(17)19-15(12-5-6-12)20-16(10)21(2)9-11-3-7-13(18)8-4-11/h3-4,7-8,12H,5-6,9H2,1-2H3. The Balaban J connectivity index is 1.86. The monoisotopic (exact) mass is 305 g/mol. The van der Waals surface area contributed by atoms with Gasteiger partial charge in [0.15, 0.2) is 0 Å². The molecule has 0 unspecified atom stereocenters. The fourth-order valence-electron chi connectivity index (χ4n) is 2.33. The fourth-order valence-corrected chi connectivity index (χ4v) is 2.50. The van der Waals surface area contributed by atoms with Crippen LogP contribution in [0.4, 0.5) is 10.2 Å². The van der Waals surface area contributed by atoms with Gasteiger partial charge in [0.25, 0.3) is 0 Å². The molecule has 0 N–H and O–H groups in total. The van der Waals surface area contributed by atoms with Crippen LogP contribution in [0.1, 0.15) is 35.7 Å². The number of anilines is 1. The van der Waals surface area contributed by atoms with E-state index in [1.807, 2.05) is 18.9 Å². The van der Waals surface area contributed by atoms with Gasteiger partial charge in [0, 0.05) is 25.1 Å². The molecular weight excluding hydrogens is 289 g/mol. The van der Waals surface area contributed by atoms with Gasteiger partial charge < -0.3 is 4.90 Å². The first-order chi connectivity index (χ1) is 10.0. The maximum atomic E-state index is 13.0. The van der Waals surface area contributed by atoms with Gasteiger partial charge >= 0.3 is 0 Å². The molecular formula is C16H17ClFN3. The summed E-state index contributed by atoms with van der Waals surface area (Å²) in [7, 11) is 1.96. The number of rotatable bonds is 4. The number of hydrogen-bond donors (Lipinski definition) is 0. The highest BCUT2D eigenvalue weighted by Gasteiger charge is 2.28. The van der Waals surface area contributed by atoms with E-state index in [9.17, 15) is 4.39 Å². The lowest BCUT2D eigenvalue weighted by Crippen LogP contribution is -2.20. The zero-order valence-electron chi connectivity index (χ0n) is 12.1. The molecule has 21 heavy (non-hydrogen) atoms. The van der Waals surface area contributed by atoms with Gasteiger partial charge in [0.1, 0.15) is 22.6 Å². The highest BCUT2D eigenvalue weighted by Crippen LogP contribution is 2.39. The molecule has 3 nitrogen and oxygen atoms in total. The third-order valence-corrected chi connectivity index (χ3v) is 4.08. The average molecular weight is 306 g/mol. The highest BCUT2D eigenvalue weighted by molar-refractivity contribution is 6.30. The van der Waals surface area contributed by atoms with Gasteiger partial charge in [-0.1, -0.05) is 23.7 Å². The van der Waals surface area contributed by atoms with Crippen LogP contribution in [0, 0.1) is 12.7 Å². The molecule has 3 rings (SSSR count). The summed E-state index contributed by atoms with van der Waals surface area (Å²) >= 11 is 6.23. The van der Waals surface area contributed by atoms with Crippen molar-refractivity contribution in [1.82, 2.24) is 9.97 Å². The van der Waals surface area contributed by atoms with E-state index in [2.05, 4.69) is 9.97 Å². The van der Waals surface area contributed by atoms with Gasteiger partial charge in [-0.15, -0.1) is 0 Å². The maximum absolute atomic E-state index is 13.0. The SMILES string of the molecule is Cc1c(Cl)nc(C2CC2)nc1N(C)Cc1ccc(F)cc1. The Bertz CT molecular complexity index is 653. The first-order valence-electron chi connectivity index (χ1n) is 7.04. The van der Waals surface area contributed by atoms with Crippen LogP contribution in [0.15, 0.2) is 24.3 Å². The molecule has 5 heteroatoms. The molecule has 1 saturated carbocycles. The minimum absolute atomic E-state index is 0.223. The Morgan fingerprint density at radius 1 is 1.24 bits per heavy atom. The number of hydrogen-bond acceptors (Lipinski definition) is 3. The minimum atomic E-state index is -0.223. The second kappa shape index (κ2) is 5.60. The lowest BCUT2D eigenvalue weighted by atomic mass is 10.2. The molecule has 110 valence electrons. The van der Waals surface area contributed by atoms with Gasteiger partial charge in [0.05, 0.1) is 0 Å². The van der Waals surface area contributed by atoms with Gasteiger partial charge in [-0.2, -0.15) is 0 Å². The van der Waals surface area contributed by atoms with Gasteiger partial charge in [-0.05, 0) is 37.5 Å². The second-order valence-corrected chi connectivity index (χ2v) is 5.94. The van der Waals surface area contributed by atoms with Crippen molar-refractivity contribution in [3.05, 3.63) is 52.2 Å². The summed E-state index contributed by atoms with van der Waals surface area (Å²) in [4.78, 5) is 11.1. The van der Waals surface area contributed by atoms with Crippen molar-refractivity contribution in [2.75, 3.05) is 11.9 Å². The van der Waals surface area contributed by atoms with Crippen LogP contribution in [0.5, 0.6) is 0 Å². The quantitative estimate of drug-likeness (QED) is 0.797. The van der Waals surface area contributed by atoms with Crippen LogP contribution in [0.3, 0.4) is 0 Å². The van der Waals surface area contributed by atoms with Gasteiger partial charge in [-0.3, -0.25) is 0 Å². The molecule has 0 spiro atoms. The van der Waals surface area contributed by atoms with E-state index >= 15 is 0 Å². The summed E-state index contributed by atoms with van der Waals surface area (Å²) in [5.74, 6) is 1.92. The van der Waals surface area contributed by atoms with Crippen molar-refractivity contribution in [2.45, 2.75) is 32.2 Å². The Morgan fingerprint density at radius 3 is 2.52 bits per heavy atom. The number of benzene rings is 1. The molecule has 1 aromatic heterocycles. The lowest BCUT2D eigenvalue weighted by Gasteiger charge is -2.21. The molecule has 1 aromatic carbocycles. The van der Waals surface area contributed by atoms with Crippen LogP contribution < -0.4 is 4.90 Å². The van der Waals surface area contributed by atoms with E-state index < -0.39 is 0 Å². The zero-order chi connectivity index (χ0) is 15.0. The third-order valence-electron chi connectivity index (χ3n) is 3.72. The second-order valence-electron chi connectivity index (χ2n) is 5.58. The summed E-state index contributed by atoms with van der Waals surface area (Å²) in [6.45, 7) is 2.58. The van der Waals surface area contributed by atoms with Crippen molar-refractivity contribution >= 4 is 17.4 Å². The van der Waals surface area contributed by atoms with Crippen LogP contribution in [-0.2, 0) is 6.54 Å². The summed E-state index contributed by atoms with van der Waals surface area (Å²) in [5.41, 5.74) is 1.91. The van der Waals surface area contributed by atoms with E-state index in [0.29, 0.717) is 17.6 Å². The van der Waals surface area contributed by atoms with Crippen LogP contribution in [-0.4, -0.2) is 17.0 Å². The van der Waals surface area contributed by atoms with E-state index in [-0.39, 0.29) is 5.82 Å². The van der Waals surface area contributed by atoms with Crippen LogP contribution in [0.25, 0.3) is 0 Å². The topological polar surface area (TPSA) is 29.0 Å². The van der Waals surface area contributed by atoms with Crippen molar-refractivity contribution in [1.29, 1.82) is 0 Å². The van der Waals surface area contributed by atoms with E-state index in [4.69, 9.17) is 11.6 Å². The average Bonchev–Trinajstić information content (AvgIpc) is 3.28. The lowest BCUT2D eigenvalue weighted by molar-refractivity contribution is 0.627. The molecule has 1 heterocycles. The molecule has 1 fully saturated rings. The number of aromatic nitrogens is 2. The minimum Gasteiger partial charge on any atom is -0.355 e. The number of nitrogens with zero attached hydrogens (tertiary/aromatic N) is 3. The zero-order valence-corrected chi connectivity index (χ0v) is 12.9. The predicted molar refractivity (Wildman–Crippen MR) is 82.3 cm³/mol. The molecule has 1 aliphatic rings. The predicted octanol–water partition coefficient (Wildman–Crippen LogP) is 4.09. The van der Waals surface area contributed by atoms with Gasteiger partial charge in [0.2, 0.25) is 0 Å². The van der Waals surface area contributed by atoms with Crippen LogP contribution >= 0.6 is 11.6 Å². The normalized spacial score (nSPS) is 14.3. The largest absolute Gasteiger partial charge is 0.355 e. The maximum Gasteiger partial charge on any atom is 0.137 e. The fraction of sp³-hybridized carbons (Fsp3) is 0.375. The van der Waals surface area contributed by atoms with E-state index in [1.165, 1.54) is 12.1 Å². The Morgan fingerprint density at radius 2 is 1.90 bits per heavy atom. The van der Waals surface area contributed by atoms with E-state index in [0.717, 1.165) is 35.6 Å². The van der Waals surface area contributed by atoms with Crippen molar-refractivity contribution in [3.63, 3.8) is 0 Å². The van der Waals surface area contributed by atoms with Crippen molar-refractivity contribution in [2.24, 2.45) is 0 Å². The molecule has 0 amide bonds. The summed E-state index contributed by atoms with van der Waals surface area (Å²) < 4.78 is 13.0. The molecule has 0 atom stereocenters. The first-order valence-corrected chi connectivity index (χ1v) is 7.42. The van der Waals surface area contributed by atoms with Gasteiger partial charge in [-0.25, -0.2) is 14.4 Å². The molecule has 1 aliphatic carbocycles.